The van der Waals surface area contributed by atoms with Gasteiger partial charge in [-0.25, -0.2) is 10.9 Å². The molecular formula is C23H29N5O2. The van der Waals surface area contributed by atoms with Crippen LogP contribution in [0, 0.1) is 12.8 Å². The Hall–Kier alpha value is -2.77. The molecule has 7 nitrogen and oxygen atoms in total. The zero-order chi connectivity index (χ0) is 20.9. The average molecular weight is 408 g/mol. The van der Waals surface area contributed by atoms with Crippen molar-refractivity contribution in [1.29, 1.82) is 0 Å². The molecule has 158 valence electrons. The van der Waals surface area contributed by atoms with Crippen LogP contribution in [0.4, 0.5) is 0 Å². The van der Waals surface area contributed by atoms with Gasteiger partial charge < -0.3 is 10.2 Å². The lowest BCUT2D eigenvalue weighted by atomic mass is 9.95. The minimum Gasteiger partial charge on any atom is -0.352 e. The van der Waals surface area contributed by atoms with Crippen LogP contribution >= 0.6 is 0 Å². The van der Waals surface area contributed by atoms with Gasteiger partial charge in [0, 0.05) is 38.1 Å². The lowest BCUT2D eigenvalue weighted by Crippen LogP contribution is -2.51. The molecule has 2 aromatic rings. The summed E-state index contributed by atoms with van der Waals surface area (Å²) in [6.07, 6.45) is 5.90. The van der Waals surface area contributed by atoms with Gasteiger partial charge in [-0.2, -0.15) is 0 Å². The van der Waals surface area contributed by atoms with E-state index in [1.807, 2.05) is 54.4 Å². The molecule has 0 bridgehead atoms. The molecule has 1 aromatic heterocycles. The van der Waals surface area contributed by atoms with Crippen molar-refractivity contribution in [3.63, 3.8) is 0 Å². The van der Waals surface area contributed by atoms with Crippen LogP contribution in [0.2, 0.25) is 0 Å². The predicted octanol–water partition coefficient (Wildman–Crippen LogP) is 1.85. The smallest absolute Gasteiger partial charge is 0.241 e. The van der Waals surface area contributed by atoms with Crippen molar-refractivity contribution < 1.29 is 9.59 Å². The minimum atomic E-state index is -0.288. The lowest BCUT2D eigenvalue weighted by Gasteiger charge is -2.33. The van der Waals surface area contributed by atoms with Gasteiger partial charge in [0.15, 0.2) is 0 Å². The molecule has 3 unspecified atom stereocenters. The Kier molecular flexibility index (Phi) is 6.40. The maximum Gasteiger partial charge on any atom is 0.241 e. The zero-order valence-electron chi connectivity index (χ0n) is 17.3. The first kappa shape index (κ1) is 20.5. The highest BCUT2D eigenvalue weighted by Crippen LogP contribution is 2.24. The fourth-order valence-electron chi connectivity index (χ4n) is 4.27. The molecule has 2 fully saturated rings. The molecule has 1 aromatic carbocycles. The van der Waals surface area contributed by atoms with Crippen molar-refractivity contribution in [3.05, 3.63) is 65.5 Å². The van der Waals surface area contributed by atoms with E-state index in [0.717, 1.165) is 24.0 Å². The van der Waals surface area contributed by atoms with Gasteiger partial charge in [-0.1, -0.05) is 30.3 Å². The van der Waals surface area contributed by atoms with Crippen LogP contribution in [0.3, 0.4) is 0 Å². The fraction of sp³-hybridized carbons (Fsp3) is 0.435. The van der Waals surface area contributed by atoms with Crippen molar-refractivity contribution >= 4 is 11.8 Å². The van der Waals surface area contributed by atoms with E-state index in [1.165, 1.54) is 5.56 Å². The van der Waals surface area contributed by atoms with E-state index < -0.39 is 0 Å². The average Bonchev–Trinajstić information content (AvgIpc) is 3.29. The molecule has 2 saturated heterocycles. The third-order valence-electron chi connectivity index (χ3n) is 6.11. The lowest BCUT2D eigenvalue weighted by molar-refractivity contribution is -0.137. The molecule has 0 spiro atoms. The SMILES string of the molecule is Cc1ccccc1CNC(=O)C1CCCN(C(=O)C2CC(c3cccnc3)NN2)C1. The number of piperidine rings is 1. The summed E-state index contributed by atoms with van der Waals surface area (Å²) in [5, 5.41) is 3.06. The molecule has 2 aliphatic heterocycles. The normalized spacial score (nSPS) is 23.9. The number of hydrogen-bond acceptors (Lipinski definition) is 5. The van der Waals surface area contributed by atoms with Crippen LogP contribution in [-0.2, 0) is 16.1 Å². The quantitative estimate of drug-likeness (QED) is 0.704. The highest BCUT2D eigenvalue weighted by molar-refractivity contribution is 5.84. The molecule has 0 radical (unpaired) electrons. The third-order valence-corrected chi connectivity index (χ3v) is 6.11. The molecule has 4 rings (SSSR count). The summed E-state index contributed by atoms with van der Waals surface area (Å²) in [5.41, 5.74) is 9.69. The van der Waals surface area contributed by atoms with Gasteiger partial charge in [-0.15, -0.1) is 0 Å². The molecule has 3 heterocycles. The van der Waals surface area contributed by atoms with E-state index in [4.69, 9.17) is 0 Å². The molecule has 7 heteroatoms. The zero-order valence-corrected chi connectivity index (χ0v) is 17.3. The second-order valence-corrected chi connectivity index (χ2v) is 8.18. The molecule has 2 aliphatic rings. The summed E-state index contributed by atoms with van der Waals surface area (Å²) in [4.78, 5) is 31.8. The monoisotopic (exact) mass is 407 g/mol. The van der Waals surface area contributed by atoms with E-state index in [0.29, 0.717) is 26.1 Å². The number of hydrogen-bond donors (Lipinski definition) is 3. The van der Waals surface area contributed by atoms with Gasteiger partial charge >= 0.3 is 0 Å². The maximum absolute atomic E-state index is 13.0. The highest BCUT2D eigenvalue weighted by Gasteiger charge is 2.36. The second kappa shape index (κ2) is 9.36. The van der Waals surface area contributed by atoms with Gasteiger partial charge in [0.2, 0.25) is 11.8 Å². The molecule has 2 amide bonds. The number of aryl methyl sites for hydroxylation is 1. The van der Waals surface area contributed by atoms with Crippen molar-refractivity contribution in [2.45, 2.75) is 44.8 Å². The minimum absolute atomic E-state index is 0.0292. The van der Waals surface area contributed by atoms with E-state index in [9.17, 15) is 9.59 Å². The second-order valence-electron chi connectivity index (χ2n) is 8.18. The number of benzene rings is 1. The van der Waals surface area contributed by atoms with Gasteiger partial charge in [0.1, 0.15) is 6.04 Å². The van der Waals surface area contributed by atoms with Gasteiger partial charge in [-0.3, -0.25) is 14.6 Å². The first-order valence-corrected chi connectivity index (χ1v) is 10.6. The van der Waals surface area contributed by atoms with E-state index in [1.54, 1.807) is 6.20 Å². The Morgan fingerprint density at radius 2 is 2.07 bits per heavy atom. The summed E-state index contributed by atoms with van der Waals surface area (Å²) >= 11 is 0. The number of nitrogens with one attached hydrogen (secondary N) is 3. The Morgan fingerprint density at radius 3 is 2.87 bits per heavy atom. The summed E-state index contributed by atoms with van der Waals surface area (Å²) < 4.78 is 0. The van der Waals surface area contributed by atoms with Crippen LogP contribution in [0.1, 0.15) is 42.0 Å². The van der Waals surface area contributed by atoms with Gasteiger partial charge in [0.25, 0.3) is 0 Å². The van der Waals surface area contributed by atoms with E-state index >= 15 is 0 Å². The fourth-order valence-corrected chi connectivity index (χ4v) is 4.27. The van der Waals surface area contributed by atoms with Crippen LogP contribution in [0.25, 0.3) is 0 Å². The molecule has 0 aliphatic carbocycles. The number of pyridine rings is 1. The molecule has 30 heavy (non-hydrogen) atoms. The molecule has 3 N–H and O–H groups in total. The largest absolute Gasteiger partial charge is 0.352 e. The first-order chi connectivity index (χ1) is 14.6. The molecular weight excluding hydrogens is 378 g/mol. The maximum atomic E-state index is 13.0. The number of nitrogens with zero attached hydrogens (tertiary/aromatic N) is 2. The van der Waals surface area contributed by atoms with Crippen molar-refractivity contribution in [2.24, 2.45) is 5.92 Å². The summed E-state index contributed by atoms with van der Waals surface area (Å²) in [5.74, 6) is -0.0676. The standard InChI is InChI=1S/C23H29N5O2/c1-16-6-2-3-7-17(16)14-25-22(29)19-9-5-11-28(15-19)23(30)21-12-20(26-27-21)18-8-4-10-24-13-18/h2-4,6-8,10,13,19-21,26-27H,5,9,11-12,14-15H2,1H3,(H,25,29). The number of carbonyl (C=O) groups excluding carboxylic acids is 2. The topological polar surface area (TPSA) is 86.4 Å². The number of rotatable bonds is 5. The predicted molar refractivity (Wildman–Crippen MR) is 114 cm³/mol. The van der Waals surface area contributed by atoms with Crippen LogP contribution in [0.15, 0.2) is 48.8 Å². The Bertz CT molecular complexity index is 888. The van der Waals surface area contributed by atoms with E-state index in [-0.39, 0.29) is 29.8 Å². The third kappa shape index (κ3) is 4.68. The molecule has 0 saturated carbocycles. The number of hydrazine groups is 1. The molecule has 3 atom stereocenters. The van der Waals surface area contributed by atoms with E-state index in [2.05, 4.69) is 21.2 Å². The van der Waals surface area contributed by atoms with Gasteiger partial charge in [-0.05, 0) is 48.9 Å². The number of carbonyl (C=O) groups is 2. The van der Waals surface area contributed by atoms with Crippen molar-refractivity contribution in [2.75, 3.05) is 13.1 Å². The first-order valence-electron chi connectivity index (χ1n) is 10.6. The van der Waals surface area contributed by atoms with Crippen molar-refractivity contribution in [3.8, 4) is 0 Å². The Labute approximate surface area is 177 Å². The Morgan fingerprint density at radius 1 is 1.20 bits per heavy atom. The highest BCUT2D eigenvalue weighted by atomic mass is 16.2. The summed E-state index contributed by atoms with van der Waals surface area (Å²) in [6, 6.07) is 11.7. The van der Waals surface area contributed by atoms with Crippen LogP contribution in [0.5, 0.6) is 0 Å². The van der Waals surface area contributed by atoms with Gasteiger partial charge in [0.05, 0.1) is 5.92 Å². The van der Waals surface area contributed by atoms with Crippen LogP contribution in [-0.4, -0.2) is 40.8 Å². The summed E-state index contributed by atoms with van der Waals surface area (Å²) in [6.45, 7) is 3.76. The number of aromatic nitrogens is 1. The number of likely N-dealkylation sites (tertiary alicyclic amines) is 1. The number of amides is 2. The van der Waals surface area contributed by atoms with Crippen LogP contribution < -0.4 is 16.2 Å². The Balaban J connectivity index is 1.30. The van der Waals surface area contributed by atoms with Crippen molar-refractivity contribution in [1.82, 2.24) is 26.1 Å². The summed E-state index contributed by atoms with van der Waals surface area (Å²) in [7, 11) is 0.